The Morgan fingerprint density at radius 2 is 1.93 bits per heavy atom. The van der Waals surface area contributed by atoms with Crippen molar-refractivity contribution in [3.63, 3.8) is 0 Å². The lowest BCUT2D eigenvalue weighted by atomic mass is 10.4. The van der Waals surface area contributed by atoms with Crippen molar-refractivity contribution < 1.29 is 14.3 Å². The minimum atomic E-state index is -0.330. The van der Waals surface area contributed by atoms with E-state index in [0.29, 0.717) is 25.4 Å². The minimum Gasteiger partial charge on any atom is -0.462 e. The van der Waals surface area contributed by atoms with Crippen molar-refractivity contribution in [2.24, 2.45) is 0 Å². The highest BCUT2D eigenvalue weighted by atomic mass is 16.5. The molecule has 0 unspecified atom stereocenters. The molecule has 0 heterocycles. The lowest BCUT2D eigenvalue weighted by molar-refractivity contribution is -0.139. The van der Waals surface area contributed by atoms with Gasteiger partial charge in [0.15, 0.2) is 0 Å². The molecule has 0 radical (unpaired) electrons. The molecule has 0 aliphatic carbocycles. The van der Waals surface area contributed by atoms with Crippen LogP contribution in [-0.4, -0.2) is 51.3 Å². The number of carbonyl (C=O) groups excluding carboxylic acids is 1. The number of hydrogen-bond donors (Lipinski definition) is 0. The molecule has 0 fully saturated rings. The fraction of sp³-hybridized carbons (Fsp3) is 0.727. The van der Waals surface area contributed by atoms with Gasteiger partial charge in [0.2, 0.25) is 0 Å². The van der Waals surface area contributed by atoms with Gasteiger partial charge in [0.05, 0.1) is 13.2 Å². The van der Waals surface area contributed by atoms with Crippen LogP contribution >= 0.6 is 0 Å². The second-order valence-corrected chi connectivity index (χ2v) is 3.69. The van der Waals surface area contributed by atoms with E-state index in [1.807, 2.05) is 14.1 Å². The van der Waals surface area contributed by atoms with Crippen LogP contribution in [0.4, 0.5) is 0 Å². The molecule has 4 nitrogen and oxygen atoms in total. The number of rotatable bonds is 8. The maximum Gasteiger partial charge on any atom is 0.333 e. The largest absolute Gasteiger partial charge is 0.462 e. The third-order valence-corrected chi connectivity index (χ3v) is 1.70. The van der Waals surface area contributed by atoms with Gasteiger partial charge in [0, 0.05) is 25.1 Å². The second kappa shape index (κ2) is 8.44. The average molecular weight is 215 g/mol. The molecule has 88 valence electrons. The Balaban J connectivity index is 3.18. The summed E-state index contributed by atoms with van der Waals surface area (Å²) in [6, 6.07) is 0. The Labute approximate surface area is 91.8 Å². The fourth-order valence-corrected chi connectivity index (χ4v) is 0.798. The van der Waals surface area contributed by atoms with Crippen LogP contribution in [0.1, 0.15) is 13.3 Å². The number of esters is 1. The van der Waals surface area contributed by atoms with E-state index in [9.17, 15) is 4.79 Å². The summed E-state index contributed by atoms with van der Waals surface area (Å²) in [7, 11) is 4.00. The molecule has 0 aromatic heterocycles. The summed E-state index contributed by atoms with van der Waals surface area (Å²) in [4.78, 5) is 13.0. The van der Waals surface area contributed by atoms with Gasteiger partial charge in [-0.15, -0.1) is 0 Å². The van der Waals surface area contributed by atoms with Gasteiger partial charge < -0.3 is 14.4 Å². The van der Waals surface area contributed by atoms with Crippen molar-refractivity contribution >= 4 is 5.97 Å². The molecule has 0 aliphatic rings. The molecule has 0 spiro atoms. The molecule has 4 heteroatoms. The van der Waals surface area contributed by atoms with Gasteiger partial charge in [-0.05, 0) is 21.0 Å². The van der Waals surface area contributed by atoms with Crippen molar-refractivity contribution in [3.8, 4) is 0 Å². The molecule has 0 saturated heterocycles. The highest BCUT2D eigenvalue weighted by Gasteiger charge is 2.01. The van der Waals surface area contributed by atoms with Crippen LogP contribution in [0.25, 0.3) is 0 Å². The number of carbonyl (C=O) groups is 1. The van der Waals surface area contributed by atoms with Gasteiger partial charge in [0.1, 0.15) is 0 Å². The Morgan fingerprint density at radius 1 is 1.27 bits per heavy atom. The van der Waals surface area contributed by atoms with Crippen molar-refractivity contribution in [2.75, 3.05) is 40.5 Å². The zero-order chi connectivity index (χ0) is 11.7. The van der Waals surface area contributed by atoms with E-state index in [1.165, 1.54) is 0 Å². The second-order valence-electron chi connectivity index (χ2n) is 3.69. The molecule has 0 N–H and O–H groups in total. The lowest BCUT2D eigenvalue weighted by Crippen LogP contribution is -2.18. The third kappa shape index (κ3) is 9.43. The van der Waals surface area contributed by atoms with E-state index in [2.05, 4.69) is 11.5 Å². The van der Waals surface area contributed by atoms with Crippen LogP contribution < -0.4 is 0 Å². The van der Waals surface area contributed by atoms with E-state index >= 15 is 0 Å². The van der Waals surface area contributed by atoms with Gasteiger partial charge in [0.25, 0.3) is 0 Å². The molecule has 0 atom stereocenters. The summed E-state index contributed by atoms with van der Waals surface area (Å²) in [5, 5.41) is 0. The van der Waals surface area contributed by atoms with Crippen molar-refractivity contribution in [1.82, 2.24) is 4.90 Å². The predicted octanol–water partition coefficient (Wildman–Crippen LogP) is 1.07. The van der Waals surface area contributed by atoms with Crippen LogP contribution in [0, 0.1) is 0 Å². The van der Waals surface area contributed by atoms with E-state index in [-0.39, 0.29) is 5.97 Å². The number of nitrogens with zero attached hydrogens (tertiary/aromatic N) is 1. The van der Waals surface area contributed by atoms with Crippen LogP contribution in [0.5, 0.6) is 0 Å². The Kier molecular flexibility index (Phi) is 7.95. The van der Waals surface area contributed by atoms with Crippen molar-refractivity contribution in [2.45, 2.75) is 13.3 Å². The van der Waals surface area contributed by atoms with Gasteiger partial charge in [-0.2, -0.15) is 0 Å². The van der Waals surface area contributed by atoms with Crippen LogP contribution in [0.15, 0.2) is 12.2 Å². The van der Waals surface area contributed by atoms with Crippen LogP contribution in [-0.2, 0) is 14.3 Å². The van der Waals surface area contributed by atoms with E-state index in [0.717, 1.165) is 13.0 Å². The fourth-order valence-electron chi connectivity index (χ4n) is 0.798. The highest BCUT2D eigenvalue weighted by molar-refractivity contribution is 5.86. The van der Waals surface area contributed by atoms with Crippen LogP contribution in [0.2, 0.25) is 0 Å². The first-order valence-electron chi connectivity index (χ1n) is 5.09. The molecular weight excluding hydrogens is 194 g/mol. The van der Waals surface area contributed by atoms with Gasteiger partial charge in [-0.25, -0.2) is 4.79 Å². The Bertz CT molecular complexity index is 202. The molecule has 0 bridgehead atoms. The first kappa shape index (κ1) is 14.1. The molecule has 0 aromatic carbocycles. The van der Waals surface area contributed by atoms with Gasteiger partial charge in [-0.1, -0.05) is 6.58 Å². The first-order valence-corrected chi connectivity index (χ1v) is 5.09. The smallest absolute Gasteiger partial charge is 0.333 e. The number of likely N-dealkylation sites (N-methyl/N-ethyl adjacent to an activating group) is 1. The number of hydrogen-bond acceptors (Lipinski definition) is 4. The molecule has 0 amide bonds. The maximum absolute atomic E-state index is 11.0. The van der Waals surface area contributed by atoms with Gasteiger partial charge in [-0.3, -0.25) is 0 Å². The first-order chi connectivity index (χ1) is 7.04. The molecule has 0 saturated carbocycles. The third-order valence-electron chi connectivity index (χ3n) is 1.70. The predicted molar refractivity (Wildman–Crippen MR) is 59.8 cm³/mol. The standard InChI is InChI=1S/C11H21NO3/c1-10(2)11(13)15-8-5-7-14-9-6-12(3)4/h1,5-9H2,2-4H3. The van der Waals surface area contributed by atoms with E-state index in [4.69, 9.17) is 9.47 Å². The Morgan fingerprint density at radius 3 is 2.47 bits per heavy atom. The van der Waals surface area contributed by atoms with Crippen LogP contribution in [0.3, 0.4) is 0 Å². The van der Waals surface area contributed by atoms with Crippen molar-refractivity contribution in [3.05, 3.63) is 12.2 Å². The quantitative estimate of drug-likeness (QED) is 0.345. The molecule has 0 rings (SSSR count). The zero-order valence-corrected chi connectivity index (χ0v) is 9.91. The monoisotopic (exact) mass is 215 g/mol. The molecular formula is C11H21NO3. The highest BCUT2D eigenvalue weighted by Crippen LogP contribution is 1.93. The lowest BCUT2D eigenvalue weighted by Gasteiger charge is -2.09. The number of ether oxygens (including phenoxy) is 2. The molecule has 15 heavy (non-hydrogen) atoms. The van der Waals surface area contributed by atoms with Gasteiger partial charge >= 0.3 is 5.97 Å². The zero-order valence-electron chi connectivity index (χ0n) is 9.91. The SMILES string of the molecule is C=C(C)C(=O)OCCCOCCN(C)C. The summed E-state index contributed by atoms with van der Waals surface area (Å²) >= 11 is 0. The average Bonchev–Trinajstić information content (AvgIpc) is 2.15. The van der Waals surface area contributed by atoms with E-state index < -0.39 is 0 Å². The molecule has 0 aliphatic heterocycles. The summed E-state index contributed by atoms with van der Waals surface area (Å²) in [5.41, 5.74) is 0.434. The topological polar surface area (TPSA) is 38.8 Å². The summed E-state index contributed by atoms with van der Waals surface area (Å²) in [5.74, 6) is -0.330. The maximum atomic E-state index is 11.0. The van der Waals surface area contributed by atoms with E-state index in [1.54, 1.807) is 6.92 Å². The minimum absolute atomic E-state index is 0.330. The summed E-state index contributed by atoms with van der Waals surface area (Å²) < 4.78 is 10.2. The summed E-state index contributed by atoms with van der Waals surface area (Å²) in [6.07, 6.45) is 0.729. The Hall–Kier alpha value is -0.870. The van der Waals surface area contributed by atoms with Crippen molar-refractivity contribution in [1.29, 1.82) is 0 Å². The normalized spacial score (nSPS) is 10.4. The molecule has 0 aromatic rings. The summed E-state index contributed by atoms with van der Waals surface area (Å²) in [6.45, 7) is 7.76.